The number of nitrogens with one attached hydrogen (secondary N) is 1. The maximum absolute atomic E-state index is 12.1. The molecule has 0 aliphatic heterocycles. The highest BCUT2D eigenvalue weighted by Gasteiger charge is 2.29. The molecule has 0 atom stereocenters. The lowest BCUT2D eigenvalue weighted by molar-refractivity contribution is -0.0328. The van der Waals surface area contributed by atoms with Crippen LogP contribution in [0.5, 0.6) is 0 Å². The number of aromatic amines is 1. The fourth-order valence-corrected chi connectivity index (χ4v) is 1.85. The van der Waals surface area contributed by atoms with Gasteiger partial charge in [0.15, 0.2) is 0 Å². The predicted octanol–water partition coefficient (Wildman–Crippen LogP) is 2.09. The first kappa shape index (κ1) is 11.8. The second-order valence-electron chi connectivity index (χ2n) is 3.06. The third-order valence-corrected chi connectivity index (χ3v) is 2.59. The van der Waals surface area contributed by atoms with Gasteiger partial charge in [-0.15, -0.1) is 0 Å². The Morgan fingerprint density at radius 1 is 1.24 bits per heavy atom. The molecule has 1 aromatic heterocycles. The van der Waals surface area contributed by atoms with E-state index < -0.39 is 16.9 Å². The van der Waals surface area contributed by atoms with E-state index in [9.17, 15) is 22.8 Å². The van der Waals surface area contributed by atoms with Gasteiger partial charge in [0, 0.05) is 4.90 Å². The monoisotopic (exact) mass is 263 g/mol. The molecule has 2 rings (SSSR count). The zero-order chi connectivity index (χ0) is 12.6. The molecule has 90 valence electrons. The molecule has 8 heteroatoms. The van der Waals surface area contributed by atoms with Crippen molar-refractivity contribution < 1.29 is 17.6 Å². The molecule has 0 amide bonds. The van der Waals surface area contributed by atoms with Gasteiger partial charge in [0.1, 0.15) is 0 Å². The number of H-pyrrole nitrogens is 1. The van der Waals surface area contributed by atoms with Gasteiger partial charge in [-0.25, -0.2) is 9.59 Å². The fraction of sp³-hybridized carbons (Fsp3) is 0.111. The summed E-state index contributed by atoms with van der Waals surface area (Å²) in [6, 6.07) is 3.41. The molecule has 0 bridgehead atoms. The summed E-state index contributed by atoms with van der Waals surface area (Å²) in [5.74, 6) is -0.946. The van der Waals surface area contributed by atoms with Crippen molar-refractivity contribution in [1.82, 2.24) is 4.98 Å². The molecular weight excluding hydrogens is 259 g/mol. The number of benzene rings is 1. The van der Waals surface area contributed by atoms with E-state index in [4.69, 9.17) is 0 Å². The molecule has 0 aliphatic rings. The van der Waals surface area contributed by atoms with E-state index in [1.54, 1.807) is 0 Å². The predicted molar refractivity (Wildman–Crippen MR) is 55.0 cm³/mol. The lowest BCUT2D eigenvalue weighted by atomic mass is 10.2. The number of hydrogen-bond acceptors (Lipinski definition) is 4. The minimum atomic E-state index is -4.43. The van der Waals surface area contributed by atoms with Crippen molar-refractivity contribution in [2.75, 3.05) is 0 Å². The zero-order valence-corrected chi connectivity index (χ0v) is 8.82. The third-order valence-electron chi connectivity index (χ3n) is 1.87. The van der Waals surface area contributed by atoms with Crippen molar-refractivity contribution >= 4 is 22.7 Å². The van der Waals surface area contributed by atoms with E-state index in [0.29, 0.717) is 0 Å². The Kier molecular flexibility index (Phi) is 2.74. The second-order valence-corrected chi connectivity index (χ2v) is 4.20. The van der Waals surface area contributed by atoms with Crippen LogP contribution in [0.3, 0.4) is 0 Å². The van der Waals surface area contributed by atoms with E-state index in [2.05, 4.69) is 9.40 Å². The van der Waals surface area contributed by atoms with Gasteiger partial charge in [-0.05, 0) is 30.0 Å². The standard InChI is InChI=1S/C9H4F3NO3S/c10-9(11,12)17-4-1-2-6-5(3-4)7(14)16-8(15)13-6/h1-3H,(H,13,15). The fourth-order valence-electron chi connectivity index (χ4n) is 1.27. The Morgan fingerprint density at radius 2 is 1.94 bits per heavy atom. The van der Waals surface area contributed by atoms with Crippen molar-refractivity contribution in [3.63, 3.8) is 0 Å². The van der Waals surface area contributed by atoms with Crippen LogP contribution in [0.25, 0.3) is 10.9 Å². The van der Waals surface area contributed by atoms with E-state index in [1.807, 2.05) is 0 Å². The summed E-state index contributed by atoms with van der Waals surface area (Å²) < 4.78 is 40.5. The van der Waals surface area contributed by atoms with Crippen LogP contribution in [-0.4, -0.2) is 10.5 Å². The highest BCUT2D eigenvalue weighted by molar-refractivity contribution is 8.00. The molecule has 2 aromatic rings. The van der Waals surface area contributed by atoms with Crippen LogP contribution in [0.1, 0.15) is 0 Å². The molecule has 1 heterocycles. The van der Waals surface area contributed by atoms with Crippen molar-refractivity contribution in [2.45, 2.75) is 10.4 Å². The molecule has 17 heavy (non-hydrogen) atoms. The molecular formula is C9H4F3NO3S. The molecule has 0 saturated carbocycles. The van der Waals surface area contributed by atoms with Crippen molar-refractivity contribution in [2.24, 2.45) is 0 Å². The van der Waals surface area contributed by atoms with Crippen molar-refractivity contribution in [3.8, 4) is 0 Å². The Hall–Kier alpha value is -1.70. The number of halogens is 3. The Labute approximate surface area is 95.4 Å². The third kappa shape index (κ3) is 2.70. The molecule has 1 aromatic carbocycles. The van der Waals surface area contributed by atoms with E-state index in [-0.39, 0.29) is 27.6 Å². The van der Waals surface area contributed by atoms with E-state index >= 15 is 0 Å². The quantitative estimate of drug-likeness (QED) is 0.800. The van der Waals surface area contributed by atoms with Crippen LogP contribution in [0.4, 0.5) is 13.2 Å². The van der Waals surface area contributed by atoms with Gasteiger partial charge in [-0.2, -0.15) is 13.2 Å². The molecule has 0 radical (unpaired) electrons. The lowest BCUT2D eigenvalue weighted by Gasteiger charge is -2.05. The Balaban J connectivity index is 2.58. The lowest BCUT2D eigenvalue weighted by Crippen LogP contribution is -2.14. The normalized spacial score (nSPS) is 11.9. The first-order chi connectivity index (χ1) is 7.85. The van der Waals surface area contributed by atoms with Crippen LogP contribution in [0.2, 0.25) is 0 Å². The number of alkyl halides is 3. The largest absolute Gasteiger partial charge is 0.446 e. The number of hydrogen-bond donors (Lipinski definition) is 1. The average Bonchev–Trinajstić information content (AvgIpc) is 2.16. The first-order valence-corrected chi connectivity index (χ1v) is 5.10. The van der Waals surface area contributed by atoms with Crippen LogP contribution in [0, 0.1) is 0 Å². The summed E-state index contributed by atoms with van der Waals surface area (Å²) >= 11 is -0.344. The number of fused-ring (bicyclic) bond motifs is 1. The van der Waals surface area contributed by atoms with Gasteiger partial charge in [0.05, 0.1) is 10.9 Å². The first-order valence-electron chi connectivity index (χ1n) is 4.28. The summed E-state index contributed by atoms with van der Waals surface area (Å²) in [4.78, 5) is 24.1. The maximum Gasteiger partial charge on any atom is 0.446 e. The summed E-state index contributed by atoms with van der Waals surface area (Å²) in [5.41, 5.74) is -5.26. The number of rotatable bonds is 1. The molecule has 0 aliphatic carbocycles. The molecule has 0 fully saturated rings. The van der Waals surface area contributed by atoms with Gasteiger partial charge in [0.25, 0.3) is 0 Å². The van der Waals surface area contributed by atoms with Crippen LogP contribution in [-0.2, 0) is 0 Å². The summed E-state index contributed by atoms with van der Waals surface area (Å²) in [6.07, 6.45) is 0. The summed E-state index contributed by atoms with van der Waals surface area (Å²) in [6.45, 7) is 0. The van der Waals surface area contributed by atoms with Gasteiger partial charge in [-0.1, -0.05) is 0 Å². The van der Waals surface area contributed by atoms with Gasteiger partial charge < -0.3 is 4.42 Å². The molecule has 4 nitrogen and oxygen atoms in total. The highest BCUT2D eigenvalue weighted by atomic mass is 32.2. The van der Waals surface area contributed by atoms with E-state index in [1.165, 1.54) is 6.07 Å². The van der Waals surface area contributed by atoms with Crippen molar-refractivity contribution in [3.05, 3.63) is 39.2 Å². The average molecular weight is 263 g/mol. The number of aromatic nitrogens is 1. The second kappa shape index (κ2) is 3.95. The topological polar surface area (TPSA) is 63.1 Å². The van der Waals surface area contributed by atoms with Crippen molar-refractivity contribution in [1.29, 1.82) is 0 Å². The summed E-state index contributed by atoms with van der Waals surface area (Å²) in [5, 5.41) is -0.0983. The highest BCUT2D eigenvalue weighted by Crippen LogP contribution is 2.37. The van der Waals surface area contributed by atoms with E-state index in [0.717, 1.165) is 12.1 Å². The molecule has 0 unspecified atom stereocenters. The zero-order valence-electron chi connectivity index (χ0n) is 8.00. The van der Waals surface area contributed by atoms with Crippen LogP contribution in [0.15, 0.2) is 37.1 Å². The maximum atomic E-state index is 12.1. The molecule has 0 spiro atoms. The smallest absolute Gasteiger partial charge is 0.372 e. The van der Waals surface area contributed by atoms with Crippen LogP contribution >= 0.6 is 11.8 Å². The minimum absolute atomic E-state index is 0.0983. The Bertz CT molecular complexity index is 673. The summed E-state index contributed by atoms with van der Waals surface area (Å²) in [7, 11) is 0. The van der Waals surface area contributed by atoms with Crippen LogP contribution < -0.4 is 11.4 Å². The number of thioether (sulfide) groups is 1. The van der Waals surface area contributed by atoms with Gasteiger partial charge in [-0.3, -0.25) is 4.98 Å². The van der Waals surface area contributed by atoms with Gasteiger partial charge >= 0.3 is 16.9 Å². The molecule has 1 N–H and O–H groups in total. The van der Waals surface area contributed by atoms with Gasteiger partial charge in [0.2, 0.25) is 0 Å². The minimum Gasteiger partial charge on any atom is -0.372 e. The SMILES string of the molecule is O=c1[nH]c2ccc(SC(F)(F)F)cc2c(=O)o1. The molecule has 0 saturated heterocycles. The Morgan fingerprint density at radius 3 is 2.59 bits per heavy atom.